The van der Waals surface area contributed by atoms with Crippen LogP contribution in [0.25, 0.3) is 0 Å². The highest BCUT2D eigenvalue weighted by Crippen LogP contribution is 2.17. The van der Waals surface area contributed by atoms with Crippen molar-refractivity contribution in [3.63, 3.8) is 0 Å². The van der Waals surface area contributed by atoms with E-state index in [0.29, 0.717) is 0 Å². The molecule has 1 amide bonds. The molecule has 13 heavy (non-hydrogen) atoms. The number of amides is 1. The van der Waals surface area contributed by atoms with E-state index in [9.17, 15) is 9.00 Å². The minimum atomic E-state index is -2.82. The Labute approximate surface area is 79.3 Å². The maximum atomic E-state index is 11.1. The monoisotopic (exact) mass is 220 g/mol. The van der Waals surface area contributed by atoms with E-state index in [2.05, 4.69) is 21.4 Å². The Bertz CT molecular complexity index is 421. The fourth-order valence-corrected chi connectivity index (χ4v) is 2.05. The summed E-state index contributed by atoms with van der Waals surface area (Å²) in [7, 11) is -2.82. The first-order valence-electron chi connectivity index (χ1n) is 3.15. The molecule has 0 fully saturated rings. The number of hydrogen-bond donors (Lipinski definition) is 2. The van der Waals surface area contributed by atoms with Crippen LogP contribution in [0.4, 0.5) is 5.13 Å². The van der Waals surface area contributed by atoms with Crippen LogP contribution in [-0.4, -0.2) is 26.2 Å². The summed E-state index contributed by atoms with van der Waals surface area (Å²) in [4.78, 5) is 10.6. The molecule has 8 heteroatoms. The van der Waals surface area contributed by atoms with E-state index in [1.165, 1.54) is 6.92 Å². The van der Waals surface area contributed by atoms with Crippen LogP contribution in [0.3, 0.4) is 0 Å². The predicted molar refractivity (Wildman–Crippen MR) is 51.9 cm³/mol. The summed E-state index contributed by atoms with van der Waals surface area (Å²) >= 11 is 0.951. The van der Waals surface area contributed by atoms with E-state index in [1.54, 1.807) is 0 Å². The summed E-state index contributed by atoms with van der Waals surface area (Å²) in [6.07, 6.45) is 0. The van der Waals surface area contributed by atoms with Gasteiger partial charge < -0.3 is 5.32 Å². The molecule has 1 atom stereocenters. The second-order valence-electron chi connectivity index (χ2n) is 2.28. The van der Waals surface area contributed by atoms with Crippen molar-refractivity contribution in [3.8, 4) is 0 Å². The van der Waals surface area contributed by atoms with Crippen LogP contribution >= 0.6 is 11.3 Å². The number of hydrogen-bond acceptors (Lipinski definition) is 5. The van der Waals surface area contributed by atoms with Gasteiger partial charge in [0.25, 0.3) is 0 Å². The van der Waals surface area contributed by atoms with Gasteiger partial charge in [-0.3, -0.25) is 9.93 Å². The zero-order chi connectivity index (χ0) is 10.1. The highest BCUT2D eigenvalue weighted by atomic mass is 32.2. The molecule has 1 aromatic rings. The quantitative estimate of drug-likeness (QED) is 0.516. The van der Waals surface area contributed by atoms with Gasteiger partial charge in [0.2, 0.25) is 15.4 Å². The molecule has 3 N–H and O–H groups in total. The molecule has 0 aliphatic rings. The Morgan fingerprint density at radius 2 is 2.31 bits per heavy atom. The second kappa shape index (κ2) is 3.40. The Morgan fingerprint density at radius 1 is 1.69 bits per heavy atom. The number of carbonyl (C=O) groups is 1. The van der Waals surface area contributed by atoms with Crippen molar-refractivity contribution in [2.75, 3.05) is 5.32 Å². The molecule has 0 saturated heterocycles. The highest BCUT2D eigenvalue weighted by Gasteiger charge is 2.10. The lowest BCUT2D eigenvalue weighted by molar-refractivity contribution is -0.114. The fourth-order valence-electron chi connectivity index (χ4n) is 0.551. The zero-order valence-electron chi connectivity index (χ0n) is 6.81. The van der Waals surface area contributed by atoms with Crippen molar-refractivity contribution < 1.29 is 9.00 Å². The fraction of sp³-hybridized carbons (Fsp3) is 0.200. The molecule has 0 aliphatic carbocycles. The van der Waals surface area contributed by atoms with E-state index in [-0.39, 0.29) is 15.4 Å². The number of nitrogens with two attached hydrogens (primary N) is 1. The van der Waals surface area contributed by atoms with Crippen molar-refractivity contribution >= 4 is 38.0 Å². The lowest BCUT2D eigenvalue weighted by Gasteiger charge is -1.92. The smallest absolute Gasteiger partial charge is 0.223 e. The molecule has 0 aliphatic heterocycles. The van der Waals surface area contributed by atoms with Gasteiger partial charge in [0.1, 0.15) is 0 Å². The summed E-state index contributed by atoms with van der Waals surface area (Å²) in [6, 6.07) is 0. The Hall–Kier alpha value is -0.990. The molecule has 1 aromatic heterocycles. The minimum Gasteiger partial charge on any atom is -0.301 e. The lowest BCUT2D eigenvalue weighted by atomic mass is 10.7. The van der Waals surface area contributed by atoms with Gasteiger partial charge >= 0.3 is 0 Å². The molecule has 0 saturated carbocycles. The van der Waals surface area contributed by atoms with Crippen molar-refractivity contribution in [1.29, 1.82) is 0 Å². The van der Waals surface area contributed by atoms with Gasteiger partial charge in [0.05, 0.1) is 9.71 Å². The van der Waals surface area contributed by atoms with Gasteiger partial charge in [0, 0.05) is 6.92 Å². The summed E-state index contributed by atoms with van der Waals surface area (Å²) in [5, 5.41) is 15.0. The van der Waals surface area contributed by atoms with Gasteiger partial charge in [-0.1, -0.05) is 11.3 Å². The molecule has 1 rings (SSSR count). The van der Waals surface area contributed by atoms with Gasteiger partial charge in [-0.2, -0.15) is 0 Å². The number of anilines is 1. The number of rotatable bonds is 2. The van der Waals surface area contributed by atoms with Crippen LogP contribution in [0, 0.1) is 0 Å². The zero-order valence-corrected chi connectivity index (χ0v) is 8.44. The number of carbonyl (C=O) groups excluding carboxylic acids is 1. The normalized spacial score (nSPS) is 14.9. The standard InChI is InChI=1S/C5H8N4O2S2/c1-3(10)7-4-8-9-5(12-4)13(2,6)11/h2H2,1H3,(H2,6,11)(H,7,8,10). The lowest BCUT2D eigenvalue weighted by Crippen LogP contribution is -2.11. The molecule has 1 heterocycles. The molecule has 0 aromatic carbocycles. The molecule has 1 unspecified atom stereocenters. The van der Waals surface area contributed by atoms with Gasteiger partial charge in [-0.15, -0.1) is 10.2 Å². The summed E-state index contributed by atoms with van der Waals surface area (Å²) in [5.41, 5.74) is 0. The first kappa shape index (κ1) is 10.1. The number of nitrogens with zero attached hydrogens (tertiary/aromatic N) is 2. The van der Waals surface area contributed by atoms with Gasteiger partial charge in [-0.25, -0.2) is 4.21 Å². The summed E-state index contributed by atoms with van der Waals surface area (Å²) in [6.45, 7) is 1.34. The third-order valence-corrected chi connectivity index (χ3v) is 3.39. The minimum absolute atomic E-state index is 0.122. The van der Waals surface area contributed by atoms with Crippen LogP contribution in [-0.2, 0) is 14.5 Å². The Balaban J connectivity index is 2.94. The topological polar surface area (TPSA) is 98.0 Å². The largest absolute Gasteiger partial charge is 0.301 e. The molecule has 0 bridgehead atoms. The van der Waals surface area contributed by atoms with Gasteiger partial charge in [-0.05, 0) is 5.87 Å². The van der Waals surface area contributed by atoms with E-state index < -0.39 is 9.71 Å². The maximum absolute atomic E-state index is 11.1. The van der Waals surface area contributed by atoms with Crippen LogP contribution < -0.4 is 10.5 Å². The van der Waals surface area contributed by atoms with Crippen LogP contribution in [0.15, 0.2) is 4.34 Å². The SMILES string of the molecule is C=S(N)(=O)c1nnc(NC(C)=O)s1. The Morgan fingerprint density at radius 3 is 2.69 bits per heavy atom. The van der Waals surface area contributed by atoms with Crippen LogP contribution in [0.2, 0.25) is 0 Å². The molecular formula is C5H8N4O2S2. The maximum Gasteiger partial charge on any atom is 0.223 e. The third kappa shape index (κ3) is 2.76. The predicted octanol–water partition coefficient (Wildman–Crippen LogP) is -0.555. The Kier molecular flexibility index (Phi) is 2.64. The molecular weight excluding hydrogens is 212 g/mol. The molecule has 72 valence electrons. The first-order chi connectivity index (χ1) is 5.89. The van der Waals surface area contributed by atoms with E-state index in [0.717, 1.165) is 11.3 Å². The van der Waals surface area contributed by atoms with E-state index in [1.807, 2.05) is 0 Å². The van der Waals surface area contributed by atoms with Crippen molar-refractivity contribution in [1.82, 2.24) is 10.2 Å². The number of aromatic nitrogens is 2. The van der Waals surface area contributed by atoms with E-state index in [4.69, 9.17) is 5.14 Å². The van der Waals surface area contributed by atoms with Crippen molar-refractivity contribution in [2.45, 2.75) is 11.3 Å². The highest BCUT2D eigenvalue weighted by molar-refractivity contribution is 7.99. The van der Waals surface area contributed by atoms with Crippen molar-refractivity contribution in [2.24, 2.45) is 5.14 Å². The van der Waals surface area contributed by atoms with Crippen molar-refractivity contribution in [3.05, 3.63) is 0 Å². The average molecular weight is 220 g/mol. The molecule has 0 radical (unpaired) electrons. The van der Waals surface area contributed by atoms with Crippen LogP contribution in [0.1, 0.15) is 6.92 Å². The van der Waals surface area contributed by atoms with E-state index >= 15 is 0 Å². The van der Waals surface area contributed by atoms with Crippen LogP contribution in [0.5, 0.6) is 0 Å². The molecule has 6 nitrogen and oxygen atoms in total. The van der Waals surface area contributed by atoms with Gasteiger partial charge in [0.15, 0.2) is 0 Å². The first-order valence-corrected chi connectivity index (χ1v) is 5.76. The summed E-state index contributed by atoms with van der Waals surface area (Å²) < 4.78 is 11.3. The second-order valence-corrected chi connectivity index (χ2v) is 5.36. The average Bonchev–Trinajstić information content (AvgIpc) is 2.32. The third-order valence-electron chi connectivity index (χ3n) is 0.985. The summed E-state index contributed by atoms with van der Waals surface area (Å²) in [5.74, 6) is 2.97. The number of nitrogens with one attached hydrogen (secondary N) is 1. The molecule has 0 spiro atoms.